The quantitative estimate of drug-likeness (QED) is 0.100. The van der Waals surface area contributed by atoms with E-state index in [1.807, 2.05) is 0 Å². The molecule has 0 aliphatic carbocycles. The largest absolute Gasteiger partial charge is 0.496 e. The average Bonchev–Trinajstić information content (AvgIpc) is 3.47. The standard InChI is InChI=1S/C48H50O17/c1-23(49)62-41-22-31-33(55-5)17-27(53-3)19-35(31)64-45(41)29-20-39(59-9)47(61-11)42-28(29)12-24(13-36(56-6)43(42)50)44-40(21-30-32(54-4)16-26(52-2)18-34(30)63-44)65-48(51)25-14-37(57-7)46(60-10)38(15-25)58-8/h12-20,40-41,44-45H,21-22H2,1-11H3. The van der Waals surface area contributed by atoms with Crippen LogP contribution in [0.15, 0.2) is 59.4 Å². The number of carbonyl (C=O) groups is 2. The van der Waals surface area contributed by atoms with E-state index in [2.05, 4.69) is 0 Å². The van der Waals surface area contributed by atoms with E-state index in [1.54, 1.807) is 36.4 Å². The van der Waals surface area contributed by atoms with Gasteiger partial charge in [0.1, 0.15) is 46.7 Å². The second-order valence-corrected chi connectivity index (χ2v) is 14.8. The molecular weight excluding hydrogens is 849 g/mol. The van der Waals surface area contributed by atoms with Crippen LogP contribution in [-0.2, 0) is 27.1 Å². The number of methoxy groups -OCH3 is 10. The van der Waals surface area contributed by atoms with Gasteiger partial charge >= 0.3 is 11.9 Å². The Labute approximate surface area is 374 Å². The van der Waals surface area contributed by atoms with E-state index >= 15 is 0 Å². The van der Waals surface area contributed by atoms with E-state index in [9.17, 15) is 14.4 Å². The highest BCUT2D eigenvalue weighted by atomic mass is 16.6. The smallest absolute Gasteiger partial charge is 0.338 e. The van der Waals surface area contributed by atoms with E-state index in [4.69, 9.17) is 66.3 Å². The number of rotatable bonds is 15. The Hall–Kier alpha value is -7.43. The molecule has 0 saturated carbocycles. The third-order valence-corrected chi connectivity index (χ3v) is 11.3. The summed E-state index contributed by atoms with van der Waals surface area (Å²) in [5.74, 6) is 2.13. The summed E-state index contributed by atoms with van der Waals surface area (Å²) in [5.41, 5.74) is 1.44. The van der Waals surface area contributed by atoms with Crippen LogP contribution in [0.25, 0.3) is 10.8 Å². The van der Waals surface area contributed by atoms with Crippen molar-refractivity contribution < 1.29 is 75.9 Å². The number of carbonyl (C=O) groups excluding carboxylic acids is 2. The fourth-order valence-electron chi connectivity index (χ4n) is 8.33. The third kappa shape index (κ3) is 8.53. The van der Waals surface area contributed by atoms with Crippen LogP contribution in [0.2, 0.25) is 0 Å². The van der Waals surface area contributed by atoms with Gasteiger partial charge in [0.05, 0.1) is 82.0 Å². The predicted molar refractivity (Wildman–Crippen MR) is 234 cm³/mol. The zero-order valence-electron chi connectivity index (χ0n) is 37.9. The van der Waals surface area contributed by atoms with Gasteiger partial charge in [0.2, 0.25) is 11.2 Å². The number of ether oxygens (including phenoxy) is 14. The Kier molecular flexibility index (Phi) is 13.4. The molecule has 0 saturated heterocycles. The minimum Gasteiger partial charge on any atom is -0.496 e. The molecule has 5 aromatic rings. The first-order valence-corrected chi connectivity index (χ1v) is 20.2. The first-order valence-electron chi connectivity index (χ1n) is 20.2. The normalized spacial score (nSPS) is 17.2. The van der Waals surface area contributed by atoms with E-state index < -0.39 is 41.8 Å². The molecule has 2 aliphatic heterocycles. The van der Waals surface area contributed by atoms with E-state index in [1.165, 1.54) is 96.2 Å². The molecule has 7 rings (SSSR count). The average molecular weight is 899 g/mol. The molecule has 4 unspecified atom stereocenters. The molecule has 2 aliphatic rings. The second-order valence-electron chi connectivity index (χ2n) is 14.8. The summed E-state index contributed by atoms with van der Waals surface area (Å²) < 4.78 is 82.6. The van der Waals surface area contributed by atoms with Crippen LogP contribution in [0.5, 0.6) is 69.0 Å². The van der Waals surface area contributed by atoms with E-state index in [-0.39, 0.29) is 58.3 Å². The van der Waals surface area contributed by atoms with Crippen LogP contribution in [-0.4, -0.2) is 95.2 Å². The highest BCUT2D eigenvalue weighted by molar-refractivity contribution is 5.95. The van der Waals surface area contributed by atoms with Gasteiger partial charge in [-0.2, -0.15) is 0 Å². The summed E-state index contributed by atoms with van der Waals surface area (Å²) in [6.45, 7) is 1.30. The SMILES string of the molecule is COc1cc(OC)c2c(c1)OC(c1cc(OC)c(=O)c3c(OC)c(OC)cc(C4Oc5cc(OC)cc(OC)c5CC4OC(C)=O)c3c1)C(OC(=O)c1cc(OC)c(OC)c(OC)c1)C2. The lowest BCUT2D eigenvalue weighted by Crippen LogP contribution is -2.35. The van der Waals surface area contributed by atoms with Crippen molar-refractivity contribution in [2.75, 3.05) is 71.1 Å². The molecule has 17 nitrogen and oxygen atoms in total. The summed E-state index contributed by atoms with van der Waals surface area (Å²) in [6, 6.07) is 14.6. The highest BCUT2D eigenvalue weighted by Gasteiger charge is 2.41. The fourth-order valence-corrected chi connectivity index (χ4v) is 8.33. The minimum atomic E-state index is -1.12. The molecular formula is C48H50O17. The van der Waals surface area contributed by atoms with Crippen molar-refractivity contribution in [2.45, 2.75) is 44.2 Å². The Morgan fingerprint density at radius 3 is 1.48 bits per heavy atom. The summed E-state index contributed by atoms with van der Waals surface area (Å²) >= 11 is 0. The maximum absolute atomic E-state index is 14.9. The van der Waals surface area contributed by atoms with Crippen molar-refractivity contribution in [3.05, 3.63) is 92.6 Å². The van der Waals surface area contributed by atoms with Gasteiger partial charge in [-0.1, -0.05) is 0 Å². The molecule has 4 atom stereocenters. The van der Waals surface area contributed by atoms with Crippen molar-refractivity contribution in [2.24, 2.45) is 0 Å². The van der Waals surface area contributed by atoms with Crippen molar-refractivity contribution in [1.82, 2.24) is 0 Å². The first kappa shape index (κ1) is 45.6. The summed E-state index contributed by atoms with van der Waals surface area (Å²) in [6.07, 6.45) is -3.96. The van der Waals surface area contributed by atoms with Crippen LogP contribution in [0, 0.1) is 0 Å². The van der Waals surface area contributed by atoms with Crippen molar-refractivity contribution >= 4 is 22.7 Å². The number of esters is 2. The Balaban J connectivity index is 1.49. The molecule has 0 N–H and O–H groups in total. The maximum atomic E-state index is 14.9. The number of fused-ring (bicyclic) bond motifs is 3. The Morgan fingerprint density at radius 1 is 0.508 bits per heavy atom. The Bertz CT molecular complexity index is 2670. The third-order valence-electron chi connectivity index (χ3n) is 11.3. The molecule has 344 valence electrons. The van der Waals surface area contributed by atoms with Gasteiger partial charge in [-0.15, -0.1) is 0 Å². The molecule has 0 aromatic heterocycles. The zero-order chi connectivity index (χ0) is 46.7. The van der Waals surface area contributed by atoms with Gasteiger partial charge in [-0.05, 0) is 35.7 Å². The number of hydrogen-bond donors (Lipinski definition) is 0. The molecule has 2 heterocycles. The Morgan fingerprint density at radius 2 is 1.00 bits per heavy atom. The summed E-state index contributed by atoms with van der Waals surface area (Å²) in [7, 11) is 14.6. The van der Waals surface area contributed by atoms with E-state index in [0.29, 0.717) is 62.1 Å². The molecule has 65 heavy (non-hydrogen) atoms. The van der Waals surface area contributed by atoms with Crippen LogP contribution in [0.1, 0.15) is 51.7 Å². The lowest BCUT2D eigenvalue weighted by Gasteiger charge is -2.35. The van der Waals surface area contributed by atoms with Crippen LogP contribution >= 0.6 is 0 Å². The van der Waals surface area contributed by atoms with Gasteiger partial charge in [-0.3, -0.25) is 9.59 Å². The van der Waals surface area contributed by atoms with Crippen molar-refractivity contribution in [1.29, 1.82) is 0 Å². The van der Waals surface area contributed by atoms with Crippen LogP contribution in [0.3, 0.4) is 0 Å². The number of benzene rings is 4. The topological polar surface area (TPSA) is 180 Å². The minimum absolute atomic E-state index is 0.0506. The maximum Gasteiger partial charge on any atom is 0.338 e. The molecule has 0 radical (unpaired) electrons. The lowest BCUT2D eigenvalue weighted by atomic mass is 9.89. The monoisotopic (exact) mass is 898 g/mol. The second kappa shape index (κ2) is 19.1. The highest BCUT2D eigenvalue weighted by Crippen LogP contribution is 2.49. The molecule has 0 bridgehead atoms. The van der Waals surface area contributed by atoms with Gasteiger partial charge in [-0.25, -0.2) is 4.79 Å². The predicted octanol–water partition coefficient (Wildman–Crippen LogP) is 6.80. The summed E-state index contributed by atoms with van der Waals surface area (Å²) in [5, 5.41) is 0.341. The fraction of sp³-hybridized carbons (Fsp3) is 0.354. The molecule has 0 fully saturated rings. The van der Waals surface area contributed by atoms with Gasteiger partial charge in [0.25, 0.3) is 0 Å². The first-order chi connectivity index (χ1) is 31.4. The van der Waals surface area contributed by atoms with Gasteiger partial charge in [0, 0.05) is 66.3 Å². The van der Waals surface area contributed by atoms with Crippen molar-refractivity contribution in [3.8, 4) is 69.0 Å². The summed E-state index contributed by atoms with van der Waals surface area (Å²) in [4.78, 5) is 42.0. The van der Waals surface area contributed by atoms with Gasteiger partial charge in [0.15, 0.2) is 41.0 Å². The molecule has 17 heteroatoms. The lowest BCUT2D eigenvalue weighted by molar-refractivity contribution is -0.152. The molecule has 0 spiro atoms. The number of hydrogen-bond acceptors (Lipinski definition) is 17. The molecule has 0 amide bonds. The van der Waals surface area contributed by atoms with E-state index in [0.717, 1.165) is 0 Å². The van der Waals surface area contributed by atoms with Gasteiger partial charge < -0.3 is 66.3 Å². The molecule has 5 aromatic carbocycles. The van der Waals surface area contributed by atoms with Crippen LogP contribution in [0.4, 0.5) is 0 Å². The van der Waals surface area contributed by atoms with Crippen molar-refractivity contribution in [3.63, 3.8) is 0 Å². The zero-order valence-corrected chi connectivity index (χ0v) is 37.9. The van der Waals surface area contributed by atoms with Crippen LogP contribution < -0.4 is 62.3 Å².